The number of carbonyl (C=O) groups excluding carboxylic acids is 1. The summed E-state index contributed by atoms with van der Waals surface area (Å²) in [5.41, 5.74) is 2.53. The van der Waals surface area contributed by atoms with Crippen molar-refractivity contribution < 1.29 is 32.2 Å². The van der Waals surface area contributed by atoms with Gasteiger partial charge in [0.25, 0.3) is 0 Å². The fraction of sp³-hybridized carbons (Fsp3) is 0.407. The Bertz CT molecular complexity index is 1280. The van der Waals surface area contributed by atoms with E-state index in [2.05, 4.69) is 15.0 Å². The highest BCUT2D eigenvalue weighted by Gasteiger charge is 2.31. The fourth-order valence-corrected chi connectivity index (χ4v) is 4.86. The third-order valence-corrected chi connectivity index (χ3v) is 6.75. The summed E-state index contributed by atoms with van der Waals surface area (Å²) in [5.74, 6) is 1.12. The number of anilines is 2. The Hall–Kier alpha value is -3.73. The van der Waals surface area contributed by atoms with Crippen molar-refractivity contribution in [2.45, 2.75) is 25.2 Å². The number of nitrogens with zero attached hydrogens (tertiary/aromatic N) is 3. The third-order valence-electron chi connectivity index (χ3n) is 6.75. The number of hydrogen-bond acceptors (Lipinski definition) is 7. The van der Waals surface area contributed by atoms with Crippen LogP contribution in [0.25, 0.3) is 10.9 Å². The monoisotopic (exact) mass is 530 g/mol. The number of amides is 1. The highest BCUT2D eigenvalue weighted by Crippen LogP contribution is 2.33. The van der Waals surface area contributed by atoms with E-state index in [0.29, 0.717) is 31.9 Å². The predicted octanol–water partition coefficient (Wildman–Crippen LogP) is 4.23. The van der Waals surface area contributed by atoms with Crippen LogP contribution in [0.15, 0.2) is 48.5 Å². The lowest BCUT2D eigenvalue weighted by Gasteiger charge is -2.30. The highest BCUT2D eigenvalue weighted by molar-refractivity contribution is 5.94. The summed E-state index contributed by atoms with van der Waals surface area (Å²) >= 11 is 0. The minimum Gasteiger partial charge on any atom is -0.497 e. The number of nitrogens with one attached hydrogen (secondary N) is 1. The lowest BCUT2D eigenvalue weighted by Crippen LogP contribution is -2.36. The van der Waals surface area contributed by atoms with Crippen molar-refractivity contribution in [1.29, 1.82) is 0 Å². The van der Waals surface area contributed by atoms with Crippen molar-refractivity contribution in [2.75, 3.05) is 56.7 Å². The molecule has 3 aromatic rings. The number of carbonyl (C=O) groups is 1. The van der Waals surface area contributed by atoms with Crippen molar-refractivity contribution >= 4 is 28.3 Å². The zero-order valence-electron chi connectivity index (χ0n) is 21.0. The van der Waals surface area contributed by atoms with Crippen molar-refractivity contribution in [2.24, 2.45) is 0 Å². The van der Waals surface area contributed by atoms with Gasteiger partial charge in [-0.15, -0.1) is 13.2 Å². The molecule has 202 valence electrons. The topological polar surface area (TPSA) is 76.2 Å². The number of alkyl halides is 3. The molecule has 0 spiro atoms. The van der Waals surface area contributed by atoms with Gasteiger partial charge in [0.1, 0.15) is 17.3 Å². The van der Waals surface area contributed by atoms with Gasteiger partial charge >= 0.3 is 6.36 Å². The minimum absolute atomic E-state index is 0.0299. The second kappa shape index (κ2) is 10.9. The number of benzene rings is 2. The van der Waals surface area contributed by atoms with Crippen LogP contribution in [0, 0.1) is 0 Å². The molecule has 0 bridgehead atoms. The molecule has 5 rings (SSSR count). The van der Waals surface area contributed by atoms with E-state index in [1.165, 1.54) is 24.3 Å². The molecule has 1 N–H and O–H groups in total. The molecule has 2 aliphatic heterocycles. The molecule has 2 aromatic carbocycles. The maximum Gasteiger partial charge on any atom is 0.573 e. The van der Waals surface area contributed by atoms with E-state index < -0.39 is 6.36 Å². The van der Waals surface area contributed by atoms with Gasteiger partial charge in [-0.2, -0.15) is 0 Å². The number of hydrogen-bond donors (Lipinski definition) is 1. The molecule has 1 amide bonds. The first kappa shape index (κ1) is 25.9. The van der Waals surface area contributed by atoms with Crippen LogP contribution < -0.4 is 19.7 Å². The van der Waals surface area contributed by atoms with Crippen LogP contribution in [0.4, 0.5) is 24.7 Å². The van der Waals surface area contributed by atoms with E-state index in [9.17, 15) is 18.0 Å². The number of likely N-dealkylation sites (tertiary alicyclic amines) is 1. The first-order chi connectivity index (χ1) is 18.3. The van der Waals surface area contributed by atoms with Crippen molar-refractivity contribution in [1.82, 2.24) is 9.88 Å². The van der Waals surface area contributed by atoms with Crippen LogP contribution >= 0.6 is 0 Å². The summed E-state index contributed by atoms with van der Waals surface area (Å²) in [5, 5.41) is 4.51. The maximum absolute atomic E-state index is 12.9. The Morgan fingerprint density at radius 1 is 1.08 bits per heavy atom. The summed E-state index contributed by atoms with van der Waals surface area (Å²) in [6, 6.07) is 13.3. The second-order valence-electron chi connectivity index (χ2n) is 9.35. The van der Waals surface area contributed by atoms with Crippen LogP contribution in [-0.4, -0.2) is 74.7 Å². The molecular weight excluding hydrogens is 501 g/mol. The molecule has 3 heterocycles. The molecule has 0 radical (unpaired) electrons. The largest absolute Gasteiger partial charge is 0.573 e. The number of ether oxygens (including phenoxy) is 3. The van der Waals surface area contributed by atoms with Crippen LogP contribution in [0.2, 0.25) is 0 Å². The Labute approximate surface area is 218 Å². The van der Waals surface area contributed by atoms with Crippen LogP contribution in [0.3, 0.4) is 0 Å². The van der Waals surface area contributed by atoms with Crippen molar-refractivity contribution in [3.63, 3.8) is 0 Å². The van der Waals surface area contributed by atoms with E-state index in [-0.39, 0.29) is 24.1 Å². The van der Waals surface area contributed by atoms with Gasteiger partial charge in [0.05, 0.1) is 37.9 Å². The molecule has 0 aliphatic carbocycles. The van der Waals surface area contributed by atoms with Gasteiger partial charge in [-0.25, -0.2) is 4.98 Å². The summed E-state index contributed by atoms with van der Waals surface area (Å²) in [6.07, 6.45) is -3.87. The van der Waals surface area contributed by atoms with E-state index in [1.807, 2.05) is 24.3 Å². The van der Waals surface area contributed by atoms with Crippen LogP contribution in [0.1, 0.15) is 12.0 Å². The molecule has 0 saturated carbocycles. The zero-order chi connectivity index (χ0) is 26.7. The van der Waals surface area contributed by atoms with Crippen molar-refractivity contribution in [3.8, 4) is 11.5 Å². The van der Waals surface area contributed by atoms with Gasteiger partial charge < -0.3 is 29.3 Å². The van der Waals surface area contributed by atoms with E-state index in [0.717, 1.165) is 47.7 Å². The lowest BCUT2D eigenvalue weighted by atomic mass is 10.1. The number of methoxy groups -OCH3 is 1. The number of pyridine rings is 1. The molecule has 2 saturated heterocycles. The van der Waals surface area contributed by atoms with Gasteiger partial charge in [0.15, 0.2) is 0 Å². The minimum atomic E-state index is -4.75. The SMILES string of the molecule is COc1ccc2nc(N[C@H]3CCN(C(=O)Cc4ccc(OC(F)(F)F)cc4)C3)cc(N3CCOCC3)c2c1. The Morgan fingerprint density at radius 3 is 2.53 bits per heavy atom. The molecule has 11 heteroatoms. The zero-order valence-corrected chi connectivity index (χ0v) is 21.0. The predicted molar refractivity (Wildman–Crippen MR) is 137 cm³/mol. The summed E-state index contributed by atoms with van der Waals surface area (Å²) < 4.78 is 52.0. The van der Waals surface area contributed by atoms with Gasteiger partial charge in [-0.3, -0.25) is 4.79 Å². The normalized spacial score (nSPS) is 18.1. The van der Waals surface area contributed by atoms with Gasteiger partial charge in [-0.05, 0) is 42.3 Å². The molecule has 0 unspecified atom stereocenters. The average molecular weight is 531 g/mol. The average Bonchev–Trinajstić information content (AvgIpc) is 3.37. The molecule has 2 aliphatic rings. The Balaban J connectivity index is 1.25. The first-order valence-electron chi connectivity index (χ1n) is 12.5. The quantitative estimate of drug-likeness (QED) is 0.490. The molecule has 1 atom stereocenters. The molecule has 38 heavy (non-hydrogen) atoms. The highest BCUT2D eigenvalue weighted by atomic mass is 19.4. The number of aromatic nitrogens is 1. The van der Waals surface area contributed by atoms with Crippen LogP contribution in [-0.2, 0) is 16.0 Å². The Morgan fingerprint density at radius 2 is 1.82 bits per heavy atom. The Kier molecular flexibility index (Phi) is 7.46. The molecular formula is C27H29F3N4O4. The van der Waals surface area contributed by atoms with E-state index in [4.69, 9.17) is 14.5 Å². The van der Waals surface area contributed by atoms with E-state index >= 15 is 0 Å². The standard InChI is InChI=1S/C27H29F3N4O4/c1-36-21-6-7-23-22(15-21)24(33-10-12-37-13-11-33)16-25(32-23)31-19-8-9-34(17-19)26(35)14-18-2-4-20(5-3-18)38-27(28,29)30/h2-7,15-16,19H,8-14,17H2,1H3,(H,31,32)/t19-/m0/s1. The van der Waals surface area contributed by atoms with Crippen molar-refractivity contribution in [3.05, 3.63) is 54.1 Å². The van der Waals surface area contributed by atoms with E-state index in [1.54, 1.807) is 12.0 Å². The number of halogens is 3. The summed E-state index contributed by atoms with van der Waals surface area (Å²) in [7, 11) is 1.64. The number of fused-ring (bicyclic) bond motifs is 1. The third kappa shape index (κ3) is 6.21. The summed E-state index contributed by atoms with van der Waals surface area (Å²) in [4.78, 5) is 21.7. The number of rotatable bonds is 7. The van der Waals surface area contributed by atoms with Gasteiger partial charge in [-0.1, -0.05) is 12.1 Å². The summed E-state index contributed by atoms with van der Waals surface area (Å²) in [6.45, 7) is 3.99. The van der Waals surface area contributed by atoms with Crippen LogP contribution in [0.5, 0.6) is 11.5 Å². The fourth-order valence-electron chi connectivity index (χ4n) is 4.86. The molecule has 1 aromatic heterocycles. The first-order valence-corrected chi connectivity index (χ1v) is 12.5. The molecule has 8 nitrogen and oxygen atoms in total. The smallest absolute Gasteiger partial charge is 0.497 e. The second-order valence-corrected chi connectivity index (χ2v) is 9.35. The molecule has 2 fully saturated rings. The van der Waals surface area contributed by atoms with Gasteiger partial charge in [0.2, 0.25) is 5.91 Å². The number of morpholine rings is 1. The lowest BCUT2D eigenvalue weighted by molar-refractivity contribution is -0.274. The van der Waals surface area contributed by atoms with Gasteiger partial charge in [0, 0.05) is 43.7 Å². The maximum atomic E-state index is 12.9.